The van der Waals surface area contributed by atoms with E-state index in [0.717, 1.165) is 126 Å². The van der Waals surface area contributed by atoms with E-state index in [1.807, 2.05) is 39.0 Å². The zero-order valence-corrected chi connectivity index (χ0v) is 43.0. The first-order valence-electron chi connectivity index (χ1n) is 25.4. The molecule has 0 N–H and O–H groups in total. The fourth-order valence-corrected chi connectivity index (χ4v) is 10.0. The minimum atomic E-state index is 0.871. The number of aliphatic imine (C=N–C) groups is 1. The van der Waals surface area contributed by atoms with Crippen molar-refractivity contribution in [1.29, 1.82) is 0 Å². The van der Waals surface area contributed by atoms with Gasteiger partial charge in [-0.1, -0.05) is 87.1 Å². The van der Waals surface area contributed by atoms with Gasteiger partial charge in [-0.05, 0) is 86.9 Å². The first kappa shape index (κ1) is 51.3. The standard InChI is InChI=1S/C50H70N8S2.2C2H6/c1-5-9-23-55(24-10-6-2)42-17-20-45(48(59)37-42)51-40-13-15-41(16-14-40)57-33-29-53(30-34-57)27-28-54-31-35-58(36-32-54)44-19-22-47-50(39-44)60-49-38-43(18-21-46(49)52-47)56(25-11-7-3)26-12-8-4;2*1-2/h13,15-22,37-39H,5-12,14,23-36H2,1-4H3;2*1-2H3/p+2. The summed E-state index contributed by atoms with van der Waals surface area (Å²) in [7, 11) is 0. The molecule has 2 aromatic carbocycles. The molecule has 0 spiro atoms. The molecule has 64 heavy (non-hydrogen) atoms. The van der Waals surface area contributed by atoms with Crippen molar-refractivity contribution < 1.29 is 0 Å². The van der Waals surface area contributed by atoms with Crippen LogP contribution in [-0.2, 0) is 12.6 Å². The van der Waals surface area contributed by atoms with Gasteiger partial charge in [-0.2, -0.15) is 0 Å². The van der Waals surface area contributed by atoms with Crippen molar-refractivity contribution in [3.63, 3.8) is 0 Å². The molecule has 2 aromatic rings. The molecule has 7 rings (SSSR count). The summed E-state index contributed by atoms with van der Waals surface area (Å²) in [4.78, 5) is 25.5. The van der Waals surface area contributed by atoms with Gasteiger partial charge in [-0.15, -0.1) is 11.3 Å². The van der Waals surface area contributed by atoms with Gasteiger partial charge in [0, 0.05) is 113 Å². The Morgan fingerprint density at radius 1 is 0.672 bits per heavy atom. The van der Waals surface area contributed by atoms with Gasteiger partial charge < -0.3 is 14.7 Å². The summed E-state index contributed by atoms with van der Waals surface area (Å²) in [5.41, 5.74) is 8.31. The number of aromatic nitrogens is 1. The molecule has 5 aliphatic rings. The number of benzene rings is 3. The van der Waals surface area contributed by atoms with Crippen LogP contribution in [0.1, 0.15) is 113 Å². The predicted molar refractivity (Wildman–Crippen MR) is 286 cm³/mol. The minimum absolute atomic E-state index is 0.871. The van der Waals surface area contributed by atoms with Crippen molar-refractivity contribution in [2.75, 3.05) is 101 Å². The Morgan fingerprint density at radius 3 is 1.81 bits per heavy atom. The molecule has 0 unspecified atom stereocenters. The Balaban J connectivity index is 0.00000187. The van der Waals surface area contributed by atoms with Gasteiger partial charge >= 0.3 is 0 Å². The summed E-state index contributed by atoms with van der Waals surface area (Å²) < 4.78 is 3.86. The molecule has 0 amide bonds. The van der Waals surface area contributed by atoms with Gasteiger partial charge in [-0.3, -0.25) is 9.80 Å². The maximum absolute atomic E-state index is 5.08. The van der Waals surface area contributed by atoms with E-state index in [9.17, 15) is 0 Å². The Hall–Kier alpha value is -3.70. The third-order valence-electron chi connectivity index (χ3n) is 12.6. The average Bonchev–Trinajstić information content (AvgIpc) is 3.35. The maximum atomic E-state index is 5.08. The third-order valence-corrected chi connectivity index (χ3v) is 14.1. The van der Waals surface area contributed by atoms with Crippen LogP contribution in [0.25, 0.3) is 20.8 Å². The zero-order valence-electron chi connectivity index (χ0n) is 41.2. The van der Waals surface area contributed by atoms with Crippen LogP contribution < -0.4 is 19.7 Å². The van der Waals surface area contributed by atoms with Crippen LogP contribution in [0.5, 0.6) is 0 Å². The van der Waals surface area contributed by atoms with Crippen LogP contribution in [0.2, 0.25) is 0 Å². The Morgan fingerprint density at radius 2 is 1.25 bits per heavy atom. The molecule has 3 heterocycles. The molecule has 2 aliphatic carbocycles. The maximum Gasteiger partial charge on any atom is 0.201 e. The molecule has 0 bridgehead atoms. The Kier molecular flexibility index (Phi) is 22.2. The van der Waals surface area contributed by atoms with Gasteiger partial charge in [0.1, 0.15) is 5.69 Å². The summed E-state index contributed by atoms with van der Waals surface area (Å²) >= 11 is 5.80. The monoisotopic (exact) mass is 909 g/mol. The second-order valence-corrected chi connectivity index (χ2v) is 18.7. The molecule has 0 aromatic heterocycles. The van der Waals surface area contributed by atoms with Gasteiger partial charge in [0.2, 0.25) is 5.36 Å². The topological polar surface area (TPSA) is 44.5 Å². The van der Waals surface area contributed by atoms with Crippen molar-refractivity contribution in [2.45, 2.75) is 118 Å². The summed E-state index contributed by atoms with van der Waals surface area (Å²) in [6, 6.07) is 20.5. The van der Waals surface area contributed by atoms with Crippen LogP contribution in [0, 0.1) is 0 Å². The normalized spacial score (nSPS) is 16.4. The lowest BCUT2D eigenvalue weighted by atomic mass is 10.1. The first-order chi connectivity index (χ1) is 31.4. The van der Waals surface area contributed by atoms with Crippen LogP contribution in [0.4, 0.5) is 17.1 Å². The van der Waals surface area contributed by atoms with E-state index in [2.05, 4.69) is 142 Å². The summed E-state index contributed by atoms with van der Waals surface area (Å²) in [5, 5.41) is 1.33. The van der Waals surface area contributed by atoms with Crippen LogP contribution in [0.3, 0.4) is 0 Å². The van der Waals surface area contributed by atoms with E-state index >= 15 is 0 Å². The number of hydrogen-bond acceptors (Lipinski definition) is 8. The highest BCUT2D eigenvalue weighted by molar-refractivity contribution is 7.59. The van der Waals surface area contributed by atoms with E-state index < -0.39 is 0 Å². The predicted octanol–water partition coefficient (Wildman–Crippen LogP) is 11.0. The van der Waals surface area contributed by atoms with E-state index in [4.69, 9.17) is 9.98 Å². The molecule has 10 heteroatoms. The van der Waals surface area contributed by atoms with Crippen molar-refractivity contribution in [3.05, 3.63) is 83.9 Å². The number of hydrogen-bond donors (Lipinski definition) is 0. The van der Waals surface area contributed by atoms with Gasteiger partial charge in [-0.25, -0.2) is 14.6 Å². The molecule has 2 fully saturated rings. The summed E-state index contributed by atoms with van der Waals surface area (Å²) in [5.74, 6) is 0. The molecule has 0 radical (unpaired) electrons. The van der Waals surface area contributed by atoms with Crippen molar-refractivity contribution in [1.82, 2.24) is 24.3 Å². The highest BCUT2D eigenvalue weighted by Crippen LogP contribution is 2.32. The van der Waals surface area contributed by atoms with Gasteiger partial charge in [0.05, 0.1) is 33.9 Å². The fraction of sp³-hybridized carbons (Fsp3) is 0.574. The Bertz CT molecular complexity index is 2100. The van der Waals surface area contributed by atoms with Crippen molar-refractivity contribution >= 4 is 57.0 Å². The van der Waals surface area contributed by atoms with E-state index in [0.29, 0.717) is 0 Å². The lowest BCUT2D eigenvalue weighted by Crippen LogP contribution is -2.51. The fourth-order valence-electron chi connectivity index (χ4n) is 8.69. The summed E-state index contributed by atoms with van der Waals surface area (Å²) in [6.07, 6.45) is 17.5. The van der Waals surface area contributed by atoms with Gasteiger partial charge in [0.25, 0.3) is 0 Å². The number of piperazine rings is 2. The quantitative estimate of drug-likeness (QED) is 0.0531. The largest absolute Gasteiger partial charge is 0.371 e. The van der Waals surface area contributed by atoms with Crippen molar-refractivity contribution in [2.24, 2.45) is 4.99 Å². The van der Waals surface area contributed by atoms with Crippen LogP contribution in [-0.4, -0.2) is 117 Å². The number of nitrogens with zero attached hydrogens (tertiary/aromatic N) is 8. The SMILES string of the molecule is CC.CC.CCCCN(CCCC)c1ccc(N=C2C=CC(N3CCN(CCN4CC[N+](=c5ccc6nc7ccc(N(CCCC)CCCC)cc7sc-6c5)CC4)CC3)=CC2)c([SH2+])c1. The number of unbranched alkanes of at least 4 members (excludes halogenated alkanes) is 4. The highest BCUT2D eigenvalue weighted by atomic mass is 32.1. The van der Waals surface area contributed by atoms with E-state index in [1.54, 1.807) is 0 Å². The van der Waals surface area contributed by atoms with Crippen molar-refractivity contribution in [3.8, 4) is 10.6 Å². The second-order valence-electron chi connectivity index (χ2n) is 17.0. The Labute approximate surface area is 398 Å². The molecule has 2 saturated heterocycles. The van der Waals surface area contributed by atoms with Crippen LogP contribution in [0.15, 0.2) is 88.4 Å². The smallest absolute Gasteiger partial charge is 0.201 e. The molecule has 0 saturated carbocycles. The van der Waals surface area contributed by atoms with E-state index in [1.165, 1.54) is 83.4 Å². The molecule has 3 aliphatic heterocycles. The minimum Gasteiger partial charge on any atom is -0.371 e. The first-order valence-corrected chi connectivity index (χ1v) is 26.7. The number of allylic oxidation sites excluding steroid dienone is 3. The number of anilines is 2. The molecule has 350 valence electrons. The van der Waals surface area contributed by atoms with E-state index in [-0.39, 0.29) is 0 Å². The molecule has 8 nitrogen and oxygen atoms in total. The average molecular weight is 909 g/mol. The zero-order chi connectivity index (χ0) is 45.7. The lowest BCUT2D eigenvalue weighted by molar-refractivity contribution is 0.133. The molecular weight excluding hydrogens is 825 g/mol. The summed E-state index contributed by atoms with van der Waals surface area (Å²) in [6.45, 7) is 32.7. The molecule has 0 atom stereocenters. The van der Waals surface area contributed by atoms with Gasteiger partial charge in [0.15, 0.2) is 18.0 Å². The number of rotatable bonds is 19. The highest BCUT2D eigenvalue weighted by Gasteiger charge is 2.23. The van der Waals surface area contributed by atoms with Crippen LogP contribution >= 0.6 is 11.3 Å². The third kappa shape index (κ3) is 14.7. The lowest BCUT2D eigenvalue weighted by Gasteiger charge is -2.38. The number of fused-ring (bicyclic) bond motifs is 2. The molecular formula is C54H84N8S2+2. The second kappa shape index (κ2) is 27.7.